The molecule has 2 heterocycles. The molecule has 0 aliphatic carbocycles. The summed E-state index contributed by atoms with van der Waals surface area (Å²) in [5.41, 5.74) is -8.09. The van der Waals surface area contributed by atoms with E-state index in [0.717, 1.165) is 35.7 Å². The van der Waals surface area contributed by atoms with E-state index in [2.05, 4.69) is 9.47 Å². The number of rotatable bonds is 12. The minimum Gasteiger partial charge on any atom is -0.478 e. The Kier molecular flexibility index (Phi) is 12.8. The quantitative estimate of drug-likeness (QED) is 0.0717. The molecular formula is C42H36F6N2O10. The molecule has 0 saturated heterocycles. The second-order valence-electron chi connectivity index (χ2n) is 13.2. The third-order valence-corrected chi connectivity index (χ3v) is 9.39. The Morgan fingerprint density at radius 1 is 0.550 bits per heavy atom. The molecule has 2 aromatic heterocycles. The maximum atomic E-state index is 13.9. The van der Waals surface area contributed by atoms with Crippen molar-refractivity contribution in [2.45, 2.75) is 50.5 Å². The zero-order valence-electron chi connectivity index (χ0n) is 31.6. The first-order chi connectivity index (χ1) is 28.2. The highest BCUT2D eigenvalue weighted by molar-refractivity contribution is 5.99. The summed E-state index contributed by atoms with van der Waals surface area (Å²) in [6.07, 6.45) is -8.78. The topological polar surface area (TPSA) is 178 Å². The summed E-state index contributed by atoms with van der Waals surface area (Å²) in [7, 11) is 0. The molecular weight excluding hydrogens is 806 g/mol. The van der Waals surface area contributed by atoms with Crippen LogP contribution in [0.1, 0.15) is 56.8 Å². The van der Waals surface area contributed by atoms with Crippen molar-refractivity contribution in [3.8, 4) is 0 Å². The number of fused-ring (bicyclic) bond motifs is 2. The number of ether oxygens (including phenoxy) is 2. The van der Waals surface area contributed by atoms with Crippen LogP contribution in [0, 0.1) is 0 Å². The van der Waals surface area contributed by atoms with Crippen molar-refractivity contribution in [2.24, 2.45) is 0 Å². The number of benzene rings is 4. The van der Waals surface area contributed by atoms with Crippen LogP contribution in [0.2, 0.25) is 0 Å². The van der Waals surface area contributed by atoms with Crippen LogP contribution in [-0.2, 0) is 43.4 Å². The molecule has 6 aromatic rings. The summed E-state index contributed by atoms with van der Waals surface area (Å²) in [5, 5.41) is 39.2. The van der Waals surface area contributed by atoms with Crippen molar-refractivity contribution in [2.75, 3.05) is 13.2 Å². The van der Waals surface area contributed by atoms with Gasteiger partial charge in [0.05, 0.1) is 24.3 Å². The van der Waals surface area contributed by atoms with Gasteiger partial charge >= 0.3 is 36.2 Å². The van der Waals surface area contributed by atoms with Gasteiger partial charge in [-0.25, -0.2) is 19.2 Å². The number of carbonyl (C=O) groups is 4. The number of aliphatic hydroxyl groups is 2. The van der Waals surface area contributed by atoms with E-state index in [9.17, 15) is 65.9 Å². The van der Waals surface area contributed by atoms with E-state index in [0.29, 0.717) is 0 Å². The van der Waals surface area contributed by atoms with E-state index in [-0.39, 0.29) is 59.2 Å². The van der Waals surface area contributed by atoms with Gasteiger partial charge in [0.15, 0.2) is 0 Å². The first-order valence-electron chi connectivity index (χ1n) is 17.9. The van der Waals surface area contributed by atoms with Gasteiger partial charge in [-0.05, 0) is 61.4 Å². The molecule has 4 N–H and O–H groups in total. The molecule has 0 aliphatic rings. The summed E-state index contributed by atoms with van der Waals surface area (Å²) in [6.45, 7) is 2.16. The minimum absolute atomic E-state index is 0.139. The normalized spacial score (nSPS) is 13.8. The molecule has 0 spiro atoms. The van der Waals surface area contributed by atoms with Crippen molar-refractivity contribution < 1.29 is 75.4 Å². The van der Waals surface area contributed by atoms with Crippen molar-refractivity contribution in [1.82, 2.24) is 9.13 Å². The lowest BCUT2D eigenvalue weighted by Gasteiger charge is -2.27. The van der Waals surface area contributed by atoms with Crippen LogP contribution < -0.4 is 0 Å². The van der Waals surface area contributed by atoms with E-state index in [1.165, 1.54) is 47.2 Å². The lowest BCUT2D eigenvalue weighted by Crippen LogP contribution is -2.50. The maximum Gasteiger partial charge on any atom is 0.432 e. The molecule has 316 valence electrons. The van der Waals surface area contributed by atoms with Crippen LogP contribution in [0.15, 0.2) is 109 Å². The van der Waals surface area contributed by atoms with Crippen LogP contribution >= 0.6 is 0 Å². The molecule has 6 rings (SSSR count). The van der Waals surface area contributed by atoms with Gasteiger partial charge in [-0.2, -0.15) is 26.3 Å². The molecule has 0 amide bonds. The highest BCUT2D eigenvalue weighted by Crippen LogP contribution is 2.45. The molecule has 2 atom stereocenters. The molecule has 0 saturated carbocycles. The number of carboxylic acids is 2. The van der Waals surface area contributed by atoms with Crippen molar-refractivity contribution in [3.63, 3.8) is 0 Å². The fourth-order valence-electron chi connectivity index (χ4n) is 6.49. The number of alkyl halides is 6. The molecule has 0 radical (unpaired) electrons. The Hall–Kier alpha value is -6.66. The smallest absolute Gasteiger partial charge is 0.432 e. The number of aromatic nitrogens is 2. The average molecular weight is 843 g/mol. The summed E-state index contributed by atoms with van der Waals surface area (Å²) >= 11 is 0. The molecule has 0 fully saturated rings. The second kappa shape index (κ2) is 17.3. The van der Waals surface area contributed by atoms with E-state index in [1.54, 1.807) is 60.7 Å². The highest BCUT2D eigenvalue weighted by atomic mass is 19.4. The summed E-state index contributed by atoms with van der Waals surface area (Å²) in [5.74, 6) is -6.47. The third-order valence-electron chi connectivity index (χ3n) is 9.39. The lowest BCUT2D eigenvalue weighted by atomic mass is 9.92. The van der Waals surface area contributed by atoms with Crippen molar-refractivity contribution in [1.29, 1.82) is 0 Å². The highest BCUT2D eigenvalue weighted by Gasteiger charge is 2.64. The predicted octanol–water partition coefficient (Wildman–Crippen LogP) is 7.40. The van der Waals surface area contributed by atoms with Gasteiger partial charge in [0.25, 0.3) is 11.2 Å². The van der Waals surface area contributed by atoms with Gasteiger partial charge < -0.3 is 39.0 Å². The Morgan fingerprint density at radius 3 is 1.17 bits per heavy atom. The van der Waals surface area contributed by atoms with Gasteiger partial charge in [0.2, 0.25) is 0 Å². The van der Waals surface area contributed by atoms with E-state index in [4.69, 9.17) is 0 Å². The van der Waals surface area contributed by atoms with Crippen LogP contribution in [0.3, 0.4) is 0 Å². The third kappa shape index (κ3) is 8.55. The number of hydrogen-bond acceptors (Lipinski definition) is 8. The van der Waals surface area contributed by atoms with Crippen LogP contribution in [0.4, 0.5) is 26.3 Å². The number of hydrogen-bond donors (Lipinski definition) is 4. The summed E-state index contributed by atoms with van der Waals surface area (Å²) < 4.78 is 95.3. The molecule has 18 heteroatoms. The van der Waals surface area contributed by atoms with Crippen molar-refractivity contribution in [3.05, 3.63) is 143 Å². The van der Waals surface area contributed by atoms with Gasteiger partial charge in [-0.3, -0.25) is 0 Å². The Bertz CT molecular complexity index is 2360. The number of halogens is 6. The van der Waals surface area contributed by atoms with Gasteiger partial charge in [-0.1, -0.05) is 60.7 Å². The van der Waals surface area contributed by atoms with Gasteiger partial charge in [-0.15, -0.1) is 0 Å². The first-order valence-corrected chi connectivity index (χ1v) is 17.9. The minimum atomic E-state index is -5.40. The molecule has 2 unspecified atom stereocenters. The number of carbonyl (C=O) groups excluding carboxylic acids is 2. The Balaban J connectivity index is 0.000000228. The van der Waals surface area contributed by atoms with Crippen LogP contribution in [0.25, 0.3) is 21.8 Å². The Labute approximate surface area is 336 Å². The summed E-state index contributed by atoms with van der Waals surface area (Å²) in [6, 6.07) is 24.8. The largest absolute Gasteiger partial charge is 0.478 e. The van der Waals surface area contributed by atoms with Crippen LogP contribution in [0.5, 0.6) is 0 Å². The van der Waals surface area contributed by atoms with Crippen LogP contribution in [-0.4, -0.2) is 79.0 Å². The predicted molar refractivity (Wildman–Crippen MR) is 202 cm³/mol. The zero-order valence-corrected chi connectivity index (χ0v) is 31.6. The standard InChI is InChI=1S/2C21H18F3NO5/c2*1-2-30-19(28)20(29,21(22,23)24)16-12-25(11-13-6-4-3-5-7-13)17-9-8-14(18(26)27)10-15(16)17/h2*3-10,12,29H,2,11H2,1H3,(H,26,27). The van der Waals surface area contributed by atoms with Gasteiger partial charge in [0.1, 0.15) is 0 Å². The lowest BCUT2D eigenvalue weighted by molar-refractivity contribution is -0.268. The number of carboxylic acid groups (broad SMARTS) is 2. The number of aromatic carboxylic acids is 2. The molecule has 4 aromatic carbocycles. The fraction of sp³-hybridized carbons (Fsp3) is 0.238. The number of esters is 2. The fourth-order valence-corrected chi connectivity index (χ4v) is 6.49. The van der Waals surface area contributed by atoms with E-state index >= 15 is 0 Å². The van der Waals surface area contributed by atoms with E-state index in [1.807, 2.05) is 0 Å². The van der Waals surface area contributed by atoms with Gasteiger partial charge in [0, 0.05) is 58.4 Å². The average Bonchev–Trinajstić information content (AvgIpc) is 3.75. The first kappa shape index (κ1) is 44.4. The molecule has 0 bridgehead atoms. The number of nitrogens with zero attached hydrogens (tertiary/aromatic N) is 2. The Morgan fingerprint density at radius 2 is 0.883 bits per heavy atom. The SMILES string of the molecule is CCOC(=O)C(O)(c1cn(Cc2ccccc2)c2ccc(C(=O)O)cc12)C(F)(F)F.CCOC(=O)C(O)(c1cn(Cc2ccccc2)c2ccc(C(=O)O)cc12)C(F)(F)F. The molecule has 12 nitrogen and oxygen atoms in total. The summed E-state index contributed by atoms with van der Waals surface area (Å²) in [4.78, 5) is 47.2. The second-order valence-corrected chi connectivity index (χ2v) is 13.2. The monoisotopic (exact) mass is 842 g/mol. The maximum absolute atomic E-state index is 13.9. The van der Waals surface area contributed by atoms with E-state index < -0.39 is 58.6 Å². The zero-order chi connectivity index (χ0) is 44.2. The van der Waals surface area contributed by atoms with Crippen molar-refractivity contribution >= 4 is 45.7 Å². The molecule has 60 heavy (non-hydrogen) atoms. The molecule has 0 aliphatic heterocycles.